The number of rotatable bonds is 5. The van der Waals surface area contributed by atoms with Gasteiger partial charge in [-0.1, -0.05) is 38.1 Å². The molecular weight excluding hydrogens is 318 g/mol. The lowest BCUT2D eigenvalue weighted by Gasteiger charge is -2.33. The van der Waals surface area contributed by atoms with E-state index in [1.54, 1.807) is 0 Å². The Balaban J connectivity index is 1.43. The maximum Gasteiger partial charge on any atom is 0.150 e. The first-order valence-corrected chi connectivity index (χ1v) is 11.2. The smallest absolute Gasteiger partial charge is 0.150 e. The molecule has 0 unspecified atom stereocenters. The van der Waals surface area contributed by atoms with Crippen molar-refractivity contribution in [2.75, 3.05) is 31.1 Å². The summed E-state index contributed by atoms with van der Waals surface area (Å²) in [4.78, 5) is 2.49. The first kappa shape index (κ1) is 17.9. The average molecular weight is 350 g/mol. The highest BCUT2D eigenvalue weighted by Crippen LogP contribution is 2.25. The minimum absolute atomic E-state index is 0.370. The Bertz CT molecular complexity index is 628. The third-order valence-corrected chi connectivity index (χ3v) is 7.56. The molecule has 0 spiro atoms. The van der Waals surface area contributed by atoms with Crippen LogP contribution in [0.25, 0.3) is 0 Å². The van der Waals surface area contributed by atoms with Crippen LogP contribution >= 0.6 is 0 Å². The summed E-state index contributed by atoms with van der Waals surface area (Å²) in [6.45, 7) is 7.71. The lowest BCUT2D eigenvalue weighted by Crippen LogP contribution is -2.37. The van der Waals surface area contributed by atoms with Crippen LogP contribution in [-0.4, -0.2) is 44.5 Å². The average Bonchev–Trinajstić information content (AvgIpc) is 2.88. The van der Waals surface area contributed by atoms with E-state index >= 15 is 0 Å². The molecule has 0 bridgehead atoms. The molecule has 1 atom stereocenters. The van der Waals surface area contributed by atoms with Gasteiger partial charge in [0, 0.05) is 6.54 Å². The van der Waals surface area contributed by atoms with Crippen molar-refractivity contribution in [3.8, 4) is 0 Å². The number of sulfone groups is 1. The normalized spacial score (nSPS) is 25.4. The van der Waals surface area contributed by atoms with E-state index in [1.165, 1.54) is 30.4 Å². The number of hydrogen-bond donors (Lipinski definition) is 0. The molecule has 0 N–H and O–H groups in total. The van der Waals surface area contributed by atoms with Crippen LogP contribution < -0.4 is 0 Å². The van der Waals surface area contributed by atoms with E-state index in [0.717, 1.165) is 32.0 Å². The molecule has 0 aliphatic carbocycles. The predicted molar refractivity (Wildman–Crippen MR) is 100 cm³/mol. The molecule has 2 saturated heterocycles. The lowest BCUT2D eigenvalue weighted by atomic mass is 9.89. The summed E-state index contributed by atoms with van der Waals surface area (Å²) in [5.74, 6) is 2.56. The molecule has 2 aliphatic heterocycles. The number of likely N-dealkylation sites (tertiary alicyclic amines) is 1. The van der Waals surface area contributed by atoms with Gasteiger partial charge in [-0.3, -0.25) is 0 Å². The zero-order chi connectivity index (χ0) is 17.2. The fourth-order valence-corrected chi connectivity index (χ4v) is 5.98. The Morgan fingerprint density at radius 1 is 1.04 bits per heavy atom. The van der Waals surface area contributed by atoms with Crippen molar-refractivity contribution in [3.05, 3.63) is 35.4 Å². The Kier molecular flexibility index (Phi) is 5.66. The van der Waals surface area contributed by atoms with Crippen molar-refractivity contribution in [2.45, 2.75) is 45.4 Å². The first-order valence-electron chi connectivity index (χ1n) is 9.43. The van der Waals surface area contributed by atoms with Crippen LogP contribution in [0.15, 0.2) is 24.3 Å². The zero-order valence-corrected chi connectivity index (χ0v) is 15.9. The molecule has 134 valence electrons. The Morgan fingerprint density at radius 2 is 1.71 bits per heavy atom. The summed E-state index contributed by atoms with van der Waals surface area (Å²) < 4.78 is 23.2. The van der Waals surface area contributed by atoms with E-state index in [2.05, 4.69) is 43.0 Å². The summed E-state index contributed by atoms with van der Waals surface area (Å²) >= 11 is 0. The molecular formula is C20H31NO2S. The molecule has 2 heterocycles. The van der Waals surface area contributed by atoms with Gasteiger partial charge in [-0.15, -0.1) is 0 Å². The fourth-order valence-electron chi connectivity index (χ4n) is 4.13. The van der Waals surface area contributed by atoms with Crippen molar-refractivity contribution in [3.63, 3.8) is 0 Å². The maximum absolute atomic E-state index is 11.6. The Morgan fingerprint density at radius 3 is 2.25 bits per heavy atom. The van der Waals surface area contributed by atoms with Gasteiger partial charge in [0.05, 0.1) is 11.5 Å². The van der Waals surface area contributed by atoms with Gasteiger partial charge in [-0.2, -0.15) is 0 Å². The molecule has 0 radical (unpaired) electrons. The van der Waals surface area contributed by atoms with Crippen molar-refractivity contribution in [2.24, 2.45) is 11.8 Å². The summed E-state index contributed by atoms with van der Waals surface area (Å²) in [6.07, 6.45) is 4.53. The van der Waals surface area contributed by atoms with Crippen LogP contribution in [0, 0.1) is 11.8 Å². The molecule has 1 aromatic rings. The molecule has 24 heavy (non-hydrogen) atoms. The SMILES string of the molecule is CC(C)c1ccc(CC2CCN(C[C@H]3CCS(=O)(=O)C3)CC2)cc1. The van der Waals surface area contributed by atoms with Crippen molar-refractivity contribution in [1.82, 2.24) is 4.90 Å². The predicted octanol–water partition coefficient (Wildman–Crippen LogP) is 3.50. The van der Waals surface area contributed by atoms with Gasteiger partial charge in [0.25, 0.3) is 0 Å². The molecule has 2 fully saturated rings. The van der Waals surface area contributed by atoms with E-state index in [0.29, 0.717) is 23.3 Å². The molecule has 0 saturated carbocycles. The van der Waals surface area contributed by atoms with Crippen LogP contribution in [0.1, 0.15) is 50.2 Å². The molecule has 4 heteroatoms. The zero-order valence-electron chi connectivity index (χ0n) is 15.1. The van der Waals surface area contributed by atoms with Gasteiger partial charge in [0.15, 0.2) is 9.84 Å². The van der Waals surface area contributed by atoms with Crippen LogP contribution in [0.2, 0.25) is 0 Å². The Labute approximate surface area is 147 Å². The van der Waals surface area contributed by atoms with Gasteiger partial charge in [-0.25, -0.2) is 8.42 Å². The van der Waals surface area contributed by atoms with Crippen LogP contribution in [0.5, 0.6) is 0 Å². The van der Waals surface area contributed by atoms with Crippen LogP contribution in [0.4, 0.5) is 0 Å². The summed E-state index contributed by atoms with van der Waals surface area (Å²) in [5.41, 5.74) is 2.87. The van der Waals surface area contributed by atoms with E-state index < -0.39 is 9.84 Å². The third-order valence-electron chi connectivity index (χ3n) is 5.72. The third kappa shape index (κ3) is 4.82. The minimum atomic E-state index is -2.73. The Hall–Kier alpha value is -0.870. The van der Waals surface area contributed by atoms with Crippen molar-refractivity contribution in [1.29, 1.82) is 0 Å². The van der Waals surface area contributed by atoms with E-state index in [4.69, 9.17) is 0 Å². The standard InChI is InChI=1S/C20H31NO2S/c1-16(2)20-5-3-17(4-6-20)13-18-7-10-21(11-8-18)14-19-9-12-24(22,23)15-19/h3-6,16,18-19H,7-15H2,1-2H3/t19-/m1/s1. The number of nitrogens with zero attached hydrogens (tertiary/aromatic N) is 1. The molecule has 0 amide bonds. The summed E-state index contributed by atoms with van der Waals surface area (Å²) in [6, 6.07) is 9.14. The largest absolute Gasteiger partial charge is 0.303 e. The minimum Gasteiger partial charge on any atom is -0.303 e. The maximum atomic E-state index is 11.6. The fraction of sp³-hybridized carbons (Fsp3) is 0.700. The van der Waals surface area contributed by atoms with Gasteiger partial charge in [-0.05, 0) is 67.7 Å². The van der Waals surface area contributed by atoms with Gasteiger partial charge < -0.3 is 4.90 Å². The molecule has 1 aromatic carbocycles. The number of hydrogen-bond acceptors (Lipinski definition) is 3. The van der Waals surface area contributed by atoms with Gasteiger partial charge in [0.1, 0.15) is 0 Å². The molecule has 3 rings (SSSR count). The topological polar surface area (TPSA) is 37.4 Å². The second kappa shape index (κ2) is 7.57. The molecule has 0 aromatic heterocycles. The van der Waals surface area contributed by atoms with Crippen molar-refractivity contribution >= 4 is 9.84 Å². The number of piperidine rings is 1. The first-order chi connectivity index (χ1) is 11.4. The molecule has 2 aliphatic rings. The number of benzene rings is 1. The second-order valence-electron chi connectivity index (χ2n) is 8.11. The highest BCUT2D eigenvalue weighted by atomic mass is 32.2. The van der Waals surface area contributed by atoms with Gasteiger partial charge >= 0.3 is 0 Å². The van der Waals surface area contributed by atoms with E-state index in [-0.39, 0.29) is 0 Å². The van der Waals surface area contributed by atoms with Crippen LogP contribution in [-0.2, 0) is 16.3 Å². The highest BCUT2D eigenvalue weighted by molar-refractivity contribution is 7.91. The van der Waals surface area contributed by atoms with E-state index in [9.17, 15) is 8.42 Å². The second-order valence-corrected chi connectivity index (χ2v) is 10.3. The van der Waals surface area contributed by atoms with Crippen LogP contribution in [0.3, 0.4) is 0 Å². The quantitative estimate of drug-likeness (QED) is 0.816. The lowest BCUT2D eigenvalue weighted by molar-refractivity contribution is 0.165. The molecule has 3 nitrogen and oxygen atoms in total. The van der Waals surface area contributed by atoms with E-state index in [1.807, 2.05) is 0 Å². The van der Waals surface area contributed by atoms with Crippen molar-refractivity contribution < 1.29 is 8.42 Å². The summed E-state index contributed by atoms with van der Waals surface area (Å²) in [5, 5.41) is 0. The monoisotopic (exact) mass is 349 g/mol. The summed E-state index contributed by atoms with van der Waals surface area (Å²) in [7, 11) is -2.73. The van der Waals surface area contributed by atoms with Gasteiger partial charge in [0.2, 0.25) is 0 Å². The highest BCUT2D eigenvalue weighted by Gasteiger charge is 2.30.